The van der Waals surface area contributed by atoms with Gasteiger partial charge in [0.05, 0.1) is 4.92 Å². The molecule has 1 aromatic carbocycles. The Morgan fingerprint density at radius 1 is 1.30 bits per heavy atom. The normalized spacial score (nSPS) is 10.6. The molecule has 0 atom stereocenters. The summed E-state index contributed by atoms with van der Waals surface area (Å²) >= 11 is 5.77. The fraction of sp³-hybridized carbons (Fsp3) is 0.500. The van der Waals surface area contributed by atoms with Crippen molar-refractivity contribution in [2.75, 3.05) is 12.4 Å². The van der Waals surface area contributed by atoms with Gasteiger partial charge in [0, 0.05) is 36.2 Å². The van der Waals surface area contributed by atoms with Crippen LogP contribution in [0.1, 0.15) is 37.0 Å². The summed E-state index contributed by atoms with van der Waals surface area (Å²) in [5.74, 6) is 0.240. The van der Waals surface area contributed by atoms with Gasteiger partial charge in [-0.05, 0) is 25.0 Å². The van der Waals surface area contributed by atoms with Gasteiger partial charge in [-0.25, -0.2) is 0 Å². The minimum Gasteiger partial charge on any atom is -0.334 e. The lowest BCUT2D eigenvalue weighted by molar-refractivity contribution is -0.384. The highest BCUT2D eigenvalue weighted by atomic mass is 35.5. The third-order valence-electron chi connectivity index (χ3n) is 3.29. The van der Waals surface area contributed by atoms with Gasteiger partial charge >= 0.3 is 0 Å². The zero-order valence-corrected chi connectivity index (χ0v) is 12.5. The highest BCUT2D eigenvalue weighted by Gasteiger charge is 2.22. The van der Waals surface area contributed by atoms with Crippen molar-refractivity contribution >= 4 is 23.2 Å². The monoisotopic (exact) mass is 298 g/mol. The number of hydrogen-bond donors (Lipinski definition) is 0. The predicted octanol–water partition coefficient (Wildman–Crippen LogP) is 3.46. The van der Waals surface area contributed by atoms with E-state index >= 15 is 0 Å². The number of alkyl halides is 1. The van der Waals surface area contributed by atoms with Crippen LogP contribution in [0.4, 0.5) is 5.69 Å². The average Bonchev–Trinajstić information content (AvgIpc) is 2.47. The molecule has 1 aromatic rings. The van der Waals surface area contributed by atoms with Crippen LogP contribution in [0.5, 0.6) is 0 Å². The Morgan fingerprint density at radius 3 is 2.25 bits per heavy atom. The molecule has 0 unspecified atom stereocenters. The molecule has 0 spiro atoms. The summed E-state index contributed by atoms with van der Waals surface area (Å²) in [6, 6.07) is 5.81. The molecule has 20 heavy (non-hydrogen) atoms. The van der Waals surface area contributed by atoms with E-state index in [-0.39, 0.29) is 17.6 Å². The van der Waals surface area contributed by atoms with E-state index in [2.05, 4.69) is 0 Å². The van der Waals surface area contributed by atoms with Gasteiger partial charge in [-0.1, -0.05) is 13.8 Å². The number of halogens is 1. The predicted molar refractivity (Wildman–Crippen MR) is 79.2 cm³/mol. The second-order valence-corrected chi connectivity index (χ2v) is 4.84. The van der Waals surface area contributed by atoms with Crippen LogP contribution < -0.4 is 0 Å². The standard InChI is InChI=1S/C14H19ClN2O3/c1-3-12(4-2)16(10-9-15)14(18)11-5-7-13(8-6-11)17(19)20/h5-8,12H,3-4,9-10H2,1-2H3. The van der Waals surface area contributed by atoms with Gasteiger partial charge in [-0.15, -0.1) is 11.6 Å². The Labute approximate surface area is 123 Å². The van der Waals surface area contributed by atoms with Crippen molar-refractivity contribution in [1.82, 2.24) is 4.90 Å². The molecule has 5 nitrogen and oxygen atoms in total. The molecule has 6 heteroatoms. The number of benzene rings is 1. The Bertz CT molecular complexity index is 458. The molecule has 0 bridgehead atoms. The molecule has 0 N–H and O–H groups in total. The van der Waals surface area contributed by atoms with Crippen LogP contribution in [-0.4, -0.2) is 34.2 Å². The van der Waals surface area contributed by atoms with Crippen LogP contribution in [0.25, 0.3) is 0 Å². The molecule has 0 heterocycles. The van der Waals surface area contributed by atoms with E-state index in [0.717, 1.165) is 12.8 Å². The van der Waals surface area contributed by atoms with Crippen molar-refractivity contribution in [2.24, 2.45) is 0 Å². The number of carbonyl (C=O) groups excluding carboxylic acids is 1. The second-order valence-electron chi connectivity index (χ2n) is 4.46. The number of nitro groups is 1. The summed E-state index contributed by atoms with van der Waals surface area (Å²) in [4.78, 5) is 24.3. The SMILES string of the molecule is CCC(CC)N(CCCl)C(=O)c1ccc([N+](=O)[O-])cc1. The molecule has 1 amide bonds. The smallest absolute Gasteiger partial charge is 0.269 e. The minimum atomic E-state index is -0.480. The van der Waals surface area contributed by atoms with Crippen molar-refractivity contribution < 1.29 is 9.72 Å². The van der Waals surface area contributed by atoms with Crippen LogP contribution in [0.3, 0.4) is 0 Å². The summed E-state index contributed by atoms with van der Waals surface area (Å²) in [6.45, 7) is 4.53. The Kier molecular flexibility index (Phi) is 6.45. The van der Waals surface area contributed by atoms with Crippen LogP contribution in [0.15, 0.2) is 24.3 Å². The highest BCUT2D eigenvalue weighted by molar-refractivity contribution is 6.18. The van der Waals surface area contributed by atoms with Crippen molar-refractivity contribution in [2.45, 2.75) is 32.7 Å². The van der Waals surface area contributed by atoms with Gasteiger partial charge in [-0.3, -0.25) is 14.9 Å². The largest absolute Gasteiger partial charge is 0.334 e. The maximum Gasteiger partial charge on any atom is 0.269 e. The van der Waals surface area contributed by atoms with Gasteiger partial charge in [0.15, 0.2) is 0 Å². The van der Waals surface area contributed by atoms with E-state index in [0.29, 0.717) is 18.0 Å². The summed E-state index contributed by atoms with van der Waals surface area (Å²) in [6.07, 6.45) is 1.71. The van der Waals surface area contributed by atoms with E-state index in [1.807, 2.05) is 13.8 Å². The molecule has 0 aliphatic rings. The lowest BCUT2D eigenvalue weighted by Gasteiger charge is -2.30. The molecule has 1 rings (SSSR count). The third kappa shape index (κ3) is 3.93. The van der Waals surface area contributed by atoms with Crippen molar-refractivity contribution in [3.63, 3.8) is 0 Å². The van der Waals surface area contributed by atoms with E-state index in [9.17, 15) is 14.9 Å². The molecular weight excluding hydrogens is 280 g/mol. The molecule has 0 fully saturated rings. The minimum absolute atomic E-state index is 0.0204. The number of nitrogens with zero attached hydrogens (tertiary/aromatic N) is 2. The van der Waals surface area contributed by atoms with Gasteiger partial charge in [-0.2, -0.15) is 0 Å². The number of nitro benzene ring substituents is 1. The molecule has 0 radical (unpaired) electrons. The Morgan fingerprint density at radius 2 is 1.85 bits per heavy atom. The lowest BCUT2D eigenvalue weighted by atomic mass is 10.1. The van der Waals surface area contributed by atoms with Gasteiger partial charge in [0.25, 0.3) is 11.6 Å². The Hall–Kier alpha value is -1.62. The van der Waals surface area contributed by atoms with Gasteiger partial charge < -0.3 is 4.90 Å². The van der Waals surface area contributed by atoms with Gasteiger partial charge in [0.1, 0.15) is 0 Å². The fourth-order valence-electron chi connectivity index (χ4n) is 2.16. The molecule has 0 aliphatic heterocycles. The van der Waals surface area contributed by atoms with E-state index < -0.39 is 4.92 Å². The maximum absolute atomic E-state index is 12.5. The van der Waals surface area contributed by atoms with E-state index in [1.54, 1.807) is 4.90 Å². The molecule has 110 valence electrons. The van der Waals surface area contributed by atoms with Crippen molar-refractivity contribution in [1.29, 1.82) is 0 Å². The quantitative estimate of drug-likeness (QED) is 0.440. The molecule has 0 aliphatic carbocycles. The number of hydrogen-bond acceptors (Lipinski definition) is 3. The highest BCUT2D eigenvalue weighted by Crippen LogP contribution is 2.17. The zero-order chi connectivity index (χ0) is 15.1. The first-order valence-electron chi connectivity index (χ1n) is 6.66. The van der Waals surface area contributed by atoms with E-state index in [1.165, 1.54) is 24.3 Å². The van der Waals surface area contributed by atoms with E-state index in [4.69, 9.17) is 11.6 Å². The molecule has 0 aromatic heterocycles. The summed E-state index contributed by atoms with van der Waals surface area (Å²) in [5, 5.41) is 10.6. The first-order chi connectivity index (χ1) is 9.54. The lowest BCUT2D eigenvalue weighted by Crippen LogP contribution is -2.41. The van der Waals surface area contributed by atoms with Gasteiger partial charge in [0.2, 0.25) is 0 Å². The van der Waals surface area contributed by atoms with Crippen LogP contribution in [0.2, 0.25) is 0 Å². The summed E-state index contributed by atoms with van der Waals surface area (Å²) in [7, 11) is 0. The van der Waals surface area contributed by atoms with Crippen LogP contribution in [-0.2, 0) is 0 Å². The Balaban J connectivity index is 2.96. The zero-order valence-electron chi connectivity index (χ0n) is 11.7. The van der Waals surface area contributed by atoms with Crippen molar-refractivity contribution in [3.05, 3.63) is 39.9 Å². The first kappa shape index (κ1) is 16.4. The molecule has 0 saturated heterocycles. The molecular formula is C14H19ClN2O3. The average molecular weight is 299 g/mol. The third-order valence-corrected chi connectivity index (χ3v) is 3.46. The summed E-state index contributed by atoms with van der Waals surface area (Å²) in [5.41, 5.74) is 0.431. The van der Waals surface area contributed by atoms with Crippen LogP contribution in [0, 0.1) is 10.1 Å². The topological polar surface area (TPSA) is 63.5 Å². The number of rotatable bonds is 7. The summed E-state index contributed by atoms with van der Waals surface area (Å²) < 4.78 is 0. The van der Waals surface area contributed by atoms with Crippen molar-refractivity contribution in [3.8, 4) is 0 Å². The molecule has 0 saturated carbocycles. The van der Waals surface area contributed by atoms with Crippen LogP contribution >= 0.6 is 11.6 Å². The second kappa shape index (κ2) is 7.85. The number of non-ortho nitro benzene ring substituents is 1. The first-order valence-corrected chi connectivity index (χ1v) is 7.19. The fourth-order valence-corrected chi connectivity index (χ4v) is 2.34. The maximum atomic E-state index is 12.5. The number of carbonyl (C=O) groups is 1. The number of amides is 1.